The van der Waals surface area contributed by atoms with Gasteiger partial charge in [-0.1, -0.05) is 6.07 Å². The molecule has 0 aliphatic carbocycles. The van der Waals surface area contributed by atoms with Crippen LogP contribution >= 0.6 is 27.3 Å². The molecule has 0 saturated carbocycles. The summed E-state index contributed by atoms with van der Waals surface area (Å²) in [5.41, 5.74) is 8.99. The lowest BCUT2D eigenvalue weighted by molar-refractivity contribution is 0.797. The minimum Gasteiger partial charge on any atom is -0.326 e. The monoisotopic (exact) mass is 335 g/mol. The maximum atomic E-state index is 5.70. The highest BCUT2D eigenvalue weighted by atomic mass is 79.9. The number of halogens is 1. The highest BCUT2D eigenvalue weighted by Crippen LogP contribution is 2.34. The molecule has 1 aromatic carbocycles. The van der Waals surface area contributed by atoms with Crippen molar-refractivity contribution in [2.24, 2.45) is 5.73 Å². The molecule has 5 heteroatoms. The smallest absolute Gasteiger partial charge is 0.152 e. The number of fused-ring (bicyclic) bond motifs is 1. The van der Waals surface area contributed by atoms with Gasteiger partial charge in [0.1, 0.15) is 0 Å². The van der Waals surface area contributed by atoms with Gasteiger partial charge in [-0.3, -0.25) is 0 Å². The lowest BCUT2D eigenvalue weighted by Gasteiger charge is -2.05. The number of hydrogen-bond donors (Lipinski definition) is 1. The van der Waals surface area contributed by atoms with Gasteiger partial charge in [-0.25, -0.2) is 4.98 Å². The van der Waals surface area contributed by atoms with Crippen molar-refractivity contribution in [1.29, 1.82) is 0 Å². The first-order chi connectivity index (χ1) is 9.24. The second kappa shape index (κ2) is 5.07. The Bertz CT molecular complexity index is 729. The van der Waals surface area contributed by atoms with E-state index in [4.69, 9.17) is 10.7 Å². The van der Waals surface area contributed by atoms with E-state index in [-0.39, 0.29) is 0 Å². The fourth-order valence-corrected chi connectivity index (χ4v) is 3.80. The van der Waals surface area contributed by atoms with Crippen LogP contribution < -0.4 is 5.73 Å². The molecule has 0 unspecified atom stereocenters. The largest absolute Gasteiger partial charge is 0.326 e. The fraction of sp³-hybridized carbons (Fsp3) is 0.214. The molecular formula is C14H14BrN3S. The maximum Gasteiger partial charge on any atom is 0.152 e. The molecule has 3 aromatic rings. The first-order valence-electron chi connectivity index (χ1n) is 6.17. The van der Waals surface area contributed by atoms with E-state index in [1.807, 2.05) is 0 Å². The Morgan fingerprint density at radius 1 is 1.37 bits per heavy atom. The Labute approximate surface area is 124 Å². The van der Waals surface area contributed by atoms with Crippen molar-refractivity contribution in [3.05, 3.63) is 39.7 Å². The number of imidazole rings is 1. The van der Waals surface area contributed by atoms with Crippen molar-refractivity contribution >= 4 is 38.3 Å². The van der Waals surface area contributed by atoms with Crippen LogP contribution in [0.3, 0.4) is 0 Å². The summed E-state index contributed by atoms with van der Waals surface area (Å²) < 4.78 is 3.34. The van der Waals surface area contributed by atoms with Crippen LogP contribution in [0.5, 0.6) is 0 Å². The van der Waals surface area contributed by atoms with Gasteiger partial charge in [-0.2, -0.15) is 0 Å². The van der Waals surface area contributed by atoms with E-state index in [1.54, 1.807) is 11.3 Å². The van der Waals surface area contributed by atoms with Crippen molar-refractivity contribution < 1.29 is 0 Å². The third-order valence-corrected chi connectivity index (χ3v) is 5.02. The summed E-state index contributed by atoms with van der Waals surface area (Å²) in [5, 5.41) is 2.07. The third kappa shape index (κ3) is 2.12. The number of aromatic nitrogens is 2. The van der Waals surface area contributed by atoms with Crippen molar-refractivity contribution in [3.8, 4) is 10.7 Å². The highest BCUT2D eigenvalue weighted by Gasteiger charge is 2.15. The van der Waals surface area contributed by atoms with Crippen LogP contribution in [0.25, 0.3) is 21.7 Å². The lowest BCUT2D eigenvalue weighted by atomic mass is 10.2. The quantitative estimate of drug-likeness (QED) is 0.785. The molecule has 3 rings (SSSR count). The molecule has 0 amide bonds. The van der Waals surface area contributed by atoms with Crippen LogP contribution in [0.1, 0.15) is 12.5 Å². The molecule has 0 bridgehead atoms. The lowest BCUT2D eigenvalue weighted by Crippen LogP contribution is -1.97. The van der Waals surface area contributed by atoms with E-state index in [9.17, 15) is 0 Å². The van der Waals surface area contributed by atoms with Gasteiger partial charge < -0.3 is 10.3 Å². The van der Waals surface area contributed by atoms with E-state index in [2.05, 4.69) is 57.1 Å². The molecule has 2 aromatic heterocycles. The minimum absolute atomic E-state index is 0.549. The SMILES string of the molecule is CCn1c(-c2sccc2Br)nc2cc(CN)ccc21. The third-order valence-electron chi connectivity index (χ3n) is 3.18. The van der Waals surface area contributed by atoms with Gasteiger partial charge in [0.25, 0.3) is 0 Å². The van der Waals surface area contributed by atoms with Crippen molar-refractivity contribution in [1.82, 2.24) is 9.55 Å². The number of nitrogens with zero attached hydrogens (tertiary/aromatic N) is 2. The fourth-order valence-electron chi connectivity index (χ4n) is 2.25. The molecule has 0 radical (unpaired) electrons. The van der Waals surface area contributed by atoms with Crippen LogP contribution in [0.15, 0.2) is 34.1 Å². The number of nitrogens with two attached hydrogens (primary N) is 1. The summed E-state index contributed by atoms with van der Waals surface area (Å²) >= 11 is 5.29. The van der Waals surface area contributed by atoms with Gasteiger partial charge in [0.2, 0.25) is 0 Å². The van der Waals surface area contributed by atoms with E-state index in [0.29, 0.717) is 6.54 Å². The van der Waals surface area contributed by atoms with E-state index < -0.39 is 0 Å². The topological polar surface area (TPSA) is 43.8 Å². The Morgan fingerprint density at radius 2 is 2.21 bits per heavy atom. The van der Waals surface area contributed by atoms with Crippen molar-refractivity contribution in [3.63, 3.8) is 0 Å². The molecule has 0 saturated heterocycles. The summed E-state index contributed by atoms with van der Waals surface area (Å²) in [6, 6.07) is 8.32. The second-order valence-electron chi connectivity index (χ2n) is 4.30. The van der Waals surface area contributed by atoms with Crippen LogP contribution in [0.2, 0.25) is 0 Å². The van der Waals surface area contributed by atoms with Gasteiger partial charge in [0.05, 0.1) is 15.9 Å². The number of hydrogen-bond acceptors (Lipinski definition) is 3. The van der Waals surface area contributed by atoms with Crippen LogP contribution in [-0.4, -0.2) is 9.55 Å². The van der Waals surface area contributed by atoms with Gasteiger partial charge in [-0.05, 0) is 52.0 Å². The number of thiophene rings is 1. The molecule has 3 nitrogen and oxygen atoms in total. The molecule has 98 valence electrons. The van der Waals surface area contributed by atoms with Crippen molar-refractivity contribution in [2.45, 2.75) is 20.0 Å². The zero-order valence-electron chi connectivity index (χ0n) is 10.6. The van der Waals surface area contributed by atoms with Gasteiger partial charge >= 0.3 is 0 Å². The predicted molar refractivity (Wildman–Crippen MR) is 84.3 cm³/mol. The van der Waals surface area contributed by atoms with Crippen molar-refractivity contribution in [2.75, 3.05) is 0 Å². The number of rotatable bonds is 3. The van der Waals surface area contributed by atoms with Gasteiger partial charge in [-0.15, -0.1) is 11.3 Å². The van der Waals surface area contributed by atoms with Crippen LogP contribution in [-0.2, 0) is 13.1 Å². The maximum absolute atomic E-state index is 5.70. The van der Waals surface area contributed by atoms with Gasteiger partial charge in [0, 0.05) is 17.6 Å². The van der Waals surface area contributed by atoms with E-state index in [1.165, 1.54) is 4.88 Å². The standard InChI is InChI=1S/C14H14BrN3S/c1-2-18-12-4-3-9(8-16)7-11(12)17-14(18)13-10(15)5-6-19-13/h3-7H,2,8,16H2,1H3. The molecule has 19 heavy (non-hydrogen) atoms. The highest BCUT2D eigenvalue weighted by molar-refractivity contribution is 9.10. The van der Waals surface area contributed by atoms with E-state index in [0.717, 1.165) is 33.4 Å². The number of benzene rings is 1. The predicted octanol–water partition coefficient (Wildman–Crippen LogP) is 4.01. The molecule has 0 spiro atoms. The van der Waals surface area contributed by atoms with Crippen LogP contribution in [0, 0.1) is 0 Å². The number of aryl methyl sites for hydroxylation is 1. The molecule has 0 aliphatic heterocycles. The molecule has 2 N–H and O–H groups in total. The normalized spacial score (nSPS) is 11.3. The zero-order chi connectivity index (χ0) is 13.4. The average molecular weight is 336 g/mol. The summed E-state index contributed by atoms with van der Waals surface area (Å²) in [6.07, 6.45) is 0. The van der Waals surface area contributed by atoms with Gasteiger partial charge in [0.15, 0.2) is 5.82 Å². The Hall–Kier alpha value is -1.17. The summed E-state index contributed by atoms with van der Waals surface area (Å²) in [5.74, 6) is 1.02. The molecule has 0 aliphatic rings. The van der Waals surface area contributed by atoms with Crippen LogP contribution in [0.4, 0.5) is 0 Å². The summed E-state index contributed by atoms with van der Waals surface area (Å²) in [7, 11) is 0. The molecule has 0 fully saturated rings. The summed E-state index contributed by atoms with van der Waals surface area (Å²) in [6.45, 7) is 3.59. The second-order valence-corrected chi connectivity index (χ2v) is 6.07. The first-order valence-corrected chi connectivity index (χ1v) is 7.84. The first kappa shape index (κ1) is 12.8. The van der Waals surface area contributed by atoms with E-state index >= 15 is 0 Å². The molecule has 2 heterocycles. The Kier molecular flexibility index (Phi) is 3.43. The molecule has 0 atom stereocenters. The summed E-state index contributed by atoms with van der Waals surface area (Å²) in [4.78, 5) is 5.96. The Morgan fingerprint density at radius 3 is 2.84 bits per heavy atom. The Balaban J connectivity index is 2.27. The minimum atomic E-state index is 0.549. The average Bonchev–Trinajstić information content (AvgIpc) is 3.00. The zero-order valence-corrected chi connectivity index (χ0v) is 13.0. The molecular weight excluding hydrogens is 322 g/mol.